The molecule has 4 heteroatoms. The zero-order valence-electron chi connectivity index (χ0n) is 18.8. The maximum absolute atomic E-state index is 11.8. The van der Waals surface area contributed by atoms with Crippen LogP contribution in [0, 0.1) is 11.8 Å². The molecule has 1 amide bonds. The minimum Gasteiger partial charge on any atom is -0.511 e. The molecular formula is C24H43NO3. The topological polar surface area (TPSA) is 57.6 Å². The maximum Gasteiger partial charge on any atom is 0.261 e. The second-order valence-electron chi connectivity index (χ2n) is 8.98. The van der Waals surface area contributed by atoms with E-state index in [-0.39, 0.29) is 29.6 Å². The molecule has 1 N–H and O–H groups in total. The molecule has 1 saturated heterocycles. The molecule has 1 heterocycles. The van der Waals surface area contributed by atoms with Crippen molar-refractivity contribution in [1.82, 2.24) is 4.90 Å². The van der Waals surface area contributed by atoms with Gasteiger partial charge in [0.25, 0.3) is 5.91 Å². The predicted octanol–water partition coefficient (Wildman–Crippen LogP) is 6.20. The predicted molar refractivity (Wildman–Crippen MR) is 116 cm³/mol. The molecule has 1 fully saturated rings. The first kappa shape index (κ1) is 24.7. The van der Waals surface area contributed by atoms with Gasteiger partial charge < -0.3 is 10.0 Å². The van der Waals surface area contributed by atoms with Crippen molar-refractivity contribution < 1.29 is 14.7 Å². The Hall–Kier alpha value is -1.32. The van der Waals surface area contributed by atoms with Gasteiger partial charge in [-0.3, -0.25) is 9.59 Å². The van der Waals surface area contributed by atoms with E-state index in [1.54, 1.807) is 7.05 Å². The van der Waals surface area contributed by atoms with Crippen LogP contribution in [0.25, 0.3) is 0 Å². The molecule has 0 aliphatic carbocycles. The number of likely N-dealkylation sites (tertiary alicyclic amines) is 1. The summed E-state index contributed by atoms with van der Waals surface area (Å²) in [5.41, 5.74) is 0.0148. The summed E-state index contributed by atoms with van der Waals surface area (Å²) in [6, 6.07) is 0. The van der Waals surface area contributed by atoms with E-state index in [1.165, 1.54) is 62.7 Å². The van der Waals surface area contributed by atoms with Crippen molar-refractivity contribution in [2.75, 3.05) is 13.6 Å². The second-order valence-corrected chi connectivity index (χ2v) is 8.98. The molecule has 2 atom stereocenters. The van der Waals surface area contributed by atoms with Crippen molar-refractivity contribution in [3.8, 4) is 0 Å². The first-order chi connectivity index (χ1) is 13.4. The summed E-state index contributed by atoms with van der Waals surface area (Å²) >= 11 is 0. The van der Waals surface area contributed by atoms with E-state index in [4.69, 9.17) is 0 Å². The lowest BCUT2D eigenvalue weighted by molar-refractivity contribution is -0.123. The van der Waals surface area contributed by atoms with Crippen LogP contribution in [0.4, 0.5) is 0 Å². The minimum absolute atomic E-state index is 0.0121. The number of likely N-dealkylation sites (N-methyl/N-ethyl adjacent to an activating group) is 1. The van der Waals surface area contributed by atoms with Gasteiger partial charge in [0.2, 0.25) is 0 Å². The smallest absolute Gasteiger partial charge is 0.261 e. The monoisotopic (exact) mass is 393 g/mol. The van der Waals surface area contributed by atoms with E-state index in [1.807, 2.05) is 0 Å². The number of nitrogens with zero attached hydrogens (tertiary/aromatic N) is 1. The molecule has 0 bridgehead atoms. The number of Topliss-reactive ketones (excluding diaryl/α,β-unsaturated/α-hetero) is 1. The molecule has 2 unspecified atom stereocenters. The van der Waals surface area contributed by atoms with Gasteiger partial charge in [-0.05, 0) is 24.7 Å². The van der Waals surface area contributed by atoms with Gasteiger partial charge in [-0.1, -0.05) is 85.0 Å². The van der Waals surface area contributed by atoms with Gasteiger partial charge in [0.05, 0.1) is 6.54 Å². The number of ketones is 1. The van der Waals surface area contributed by atoms with Gasteiger partial charge in [-0.2, -0.15) is 0 Å². The highest BCUT2D eigenvalue weighted by molar-refractivity contribution is 6.25. The first-order valence-corrected chi connectivity index (χ1v) is 11.6. The number of unbranched alkanes of at least 4 members (excludes halogenated alkanes) is 8. The standard InChI is InChI=1S/C24H43NO3/c1-5-19(2)17-20(3)15-13-11-9-7-6-8-10-12-14-16-21(26)23-22(27)18-25(4)24(23)28/h19-20,26H,5-18H2,1-4H3. The average Bonchev–Trinajstić information content (AvgIpc) is 2.91. The number of rotatable bonds is 15. The number of carbonyl (C=O) groups excluding carboxylic acids is 2. The molecule has 162 valence electrons. The molecular weight excluding hydrogens is 350 g/mol. The van der Waals surface area contributed by atoms with Gasteiger partial charge in [0.15, 0.2) is 5.78 Å². The summed E-state index contributed by atoms with van der Waals surface area (Å²) < 4.78 is 0. The van der Waals surface area contributed by atoms with Crippen molar-refractivity contribution in [2.45, 2.75) is 104 Å². The van der Waals surface area contributed by atoms with Crippen LogP contribution < -0.4 is 0 Å². The third-order valence-corrected chi connectivity index (χ3v) is 6.12. The number of aliphatic hydroxyl groups is 1. The number of carbonyl (C=O) groups is 2. The molecule has 28 heavy (non-hydrogen) atoms. The van der Waals surface area contributed by atoms with Crippen molar-refractivity contribution in [1.29, 1.82) is 0 Å². The van der Waals surface area contributed by atoms with Crippen LogP contribution in [-0.4, -0.2) is 35.3 Å². The van der Waals surface area contributed by atoms with Crippen molar-refractivity contribution >= 4 is 11.7 Å². The highest BCUT2D eigenvalue weighted by atomic mass is 16.3. The Morgan fingerprint density at radius 3 is 1.96 bits per heavy atom. The fraction of sp³-hybridized carbons (Fsp3) is 0.833. The average molecular weight is 394 g/mol. The lowest BCUT2D eigenvalue weighted by atomic mass is 9.91. The maximum atomic E-state index is 11.8. The number of hydrogen-bond donors (Lipinski definition) is 1. The van der Waals surface area contributed by atoms with E-state index in [9.17, 15) is 14.7 Å². The zero-order chi connectivity index (χ0) is 20.9. The minimum atomic E-state index is -0.336. The number of allylic oxidation sites excluding steroid dienone is 1. The summed E-state index contributed by atoms with van der Waals surface area (Å²) in [4.78, 5) is 24.9. The fourth-order valence-electron chi connectivity index (χ4n) is 4.08. The Balaban J connectivity index is 1.97. The molecule has 0 aromatic carbocycles. The summed E-state index contributed by atoms with van der Waals surface area (Å²) in [5, 5.41) is 10.0. The van der Waals surface area contributed by atoms with Crippen LogP contribution in [0.1, 0.15) is 104 Å². The Kier molecular flexibility index (Phi) is 12.2. The van der Waals surface area contributed by atoms with Crippen molar-refractivity contribution in [2.24, 2.45) is 11.8 Å². The Morgan fingerprint density at radius 2 is 1.46 bits per heavy atom. The van der Waals surface area contributed by atoms with Crippen LogP contribution in [0.15, 0.2) is 11.3 Å². The molecule has 1 aliphatic heterocycles. The molecule has 0 saturated carbocycles. The van der Waals surface area contributed by atoms with Crippen LogP contribution >= 0.6 is 0 Å². The SMILES string of the molecule is CCC(C)CC(C)CCCCCCCCCCCC(O)=C1C(=O)CN(C)C1=O. The van der Waals surface area contributed by atoms with Crippen molar-refractivity contribution in [3.05, 3.63) is 11.3 Å². The Labute approximate surface area is 172 Å². The summed E-state index contributed by atoms with van der Waals surface area (Å²) in [6.45, 7) is 7.14. The van der Waals surface area contributed by atoms with Gasteiger partial charge in [0, 0.05) is 13.5 Å². The summed E-state index contributed by atoms with van der Waals surface area (Å²) in [7, 11) is 1.59. The summed E-state index contributed by atoms with van der Waals surface area (Å²) in [6.07, 6.45) is 15.5. The van der Waals surface area contributed by atoms with E-state index in [0.29, 0.717) is 6.42 Å². The largest absolute Gasteiger partial charge is 0.511 e. The second kappa shape index (κ2) is 13.8. The zero-order valence-corrected chi connectivity index (χ0v) is 18.8. The summed E-state index contributed by atoms with van der Waals surface area (Å²) in [5.74, 6) is 1.14. The lowest BCUT2D eigenvalue weighted by Crippen LogP contribution is -2.19. The molecule has 1 aliphatic rings. The van der Waals surface area contributed by atoms with Gasteiger partial charge in [0.1, 0.15) is 11.3 Å². The van der Waals surface area contributed by atoms with E-state index in [0.717, 1.165) is 31.1 Å². The van der Waals surface area contributed by atoms with Crippen molar-refractivity contribution in [3.63, 3.8) is 0 Å². The van der Waals surface area contributed by atoms with Crippen LogP contribution in [-0.2, 0) is 9.59 Å². The molecule has 4 nitrogen and oxygen atoms in total. The Bertz CT molecular complexity index is 512. The number of hydrogen-bond acceptors (Lipinski definition) is 3. The van der Waals surface area contributed by atoms with E-state index >= 15 is 0 Å². The molecule has 1 rings (SSSR count). The molecule has 0 aromatic heterocycles. The van der Waals surface area contributed by atoms with Crippen LogP contribution in [0.3, 0.4) is 0 Å². The molecule has 0 radical (unpaired) electrons. The normalized spacial score (nSPS) is 18.6. The van der Waals surface area contributed by atoms with Crippen LogP contribution in [0.5, 0.6) is 0 Å². The molecule has 0 aromatic rings. The lowest BCUT2D eigenvalue weighted by Gasteiger charge is -2.15. The molecule has 0 spiro atoms. The van der Waals surface area contributed by atoms with E-state index in [2.05, 4.69) is 20.8 Å². The van der Waals surface area contributed by atoms with Gasteiger partial charge >= 0.3 is 0 Å². The third kappa shape index (κ3) is 9.25. The quantitative estimate of drug-likeness (QED) is 0.156. The third-order valence-electron chi connectivity index (χ3n) is 6.12. The van der Waals surface area contributed by atoms with Gasteiger partial charge in [-0.15, -0.1) is 0 Å². The van der Waals surface area contributed by atoms with Gasteiger partial charge in [-0.25, -0.2) is 0 Å². The number of aliphatic hydroxyl groups excluding tert-OH is 1. The fourth-order valence-corrected chi connectivity index (χ4v) is 4.08. The Morgan fingerprint density at radius 1 is 0.929 bits per heavy atom. The first-order valence-electron chi connectivity index (χ1n) is 11.6. The van der Waals surface area contributed by atoms with Crippen LogP contribution in [0.2, 0.25) is 0 Å². The van der Waals surface area contributed by atoms with E-state index < -0.39 is 0 Å². The highest BCUT2D eigenvalue weighted by Crippen LogP contribution is 2.21. The number of amides is 1. The highest BCUT2D eigenvalue weighted by Gasteiger charge is 2.33.